The molecule has 2 aromatic carbocycles. The number of hydrogen-bond acceptors (Lipinski definition) is 6. The van der Waals surface area contributed by atoms with Gasteiger partial charge in [-0.3, -0.25) is 10.2 Å². The molecule has 1 fully saturated rings. The van der Waals surface area contributed by atoms with E-state index in [9.17, 15) is 4.79 Å². The number of carbonyl (C=O) groups excluding carboxylic acids is 1. The first-order valence-corrected chi connectivity index (χ1v) is 13.8. The van der Waals surface area contributed by atoms with Crippen LogP contribution < -0.4 is 9.47 Å². The summed E-state index contributed by atoms with van der Waals surface area (Å²) in [5, 5.41) is 16.3. The molecule has 7 nitrogen and oxygen atoms in total. The summed E-state index contributed by atoms with van der Waals surface area (Å²) >= 11 is 1.44. The number of aliphatic imine (C=N–C) groups is 1. The topological polar surface area (TPSA) is 87.3 Å². The van der Waals surface area contributed by atoms with Crippen LogP contribution >= 0.6 is 11.8 Å². The highest BCUT2D eigenvalue weighted by Gasteiger charge is 2.37. The molecule has 1 amide bonds. The van der Waals surface area contributed by atoms with Crippen molar-refractivity contribution in [3.05, 3.63) is 64.7 Å². The molecule has 0 atom stereocenters. The van der Waals surface area contributed by atoms with Gasteiger partial charge in [0.2, 0.25) is 5.17 Å². The number of rotatable bonds is 8. The highest BCUT2D eigenvalue weighted by atomic mass is 32.2. The van der Waals surface area contributed by atoms with Crippen LogP contribution in [0.25, 0.3) is 6.08 Å². The molecule has 0 unspecified atom stereocenters. The monoisotopic (exact) mass is 516 g/mol. The first-order chi connectivity index (χ1) is 18.0. The minimum Gasteiger partial charge on any atom is -0.490 e. The van der Waals surface area contributed by atoms with Crippen molar-refractivity contribution in [3.63, 3.8) is 0 Å². The SMILES string of the molecule is CCc1cc(C)cc(OCCOc2ccc(C=C3C(=N)N4N=C(C5CCCCC5)SC4=NC3=O)cc2)c1. The van der Waals surface area contributed by atoms with Gasteiger partial charge < -0.3 is 9.47 Å². The summed E-state index contributed by atoms with van der Waals surface area (Å²) in [6, 6.07) is 13.7. The highest BCUT2D eigenvalue weighted by molar-refractivity contribution is 8.27. The van der Waals surface area contributed by atoms with E-state index in [4.69, 9.17) is 14.9 Å². The molecule has 37 heavy (non-hydrogen) atoms. The molecule has 8 heteroatoms. The van der Waals surface area contributed by atoms with Crippen molar-refractivity contribution in [2.75, 3.05) is 13.2 Å². The zero-order valence-corrected chi connectivity index (χ0v) is 22.1. The number of fused-ring (bicyclic) bond motifs is 1. The van der Waals surface area contributed by atoms with E-state index < -0.39 is 5.91 Å². The molecule has 1 N–H and O–H groups in total. The molecule has 0 radical (unpaired) electrons. The van der Waals surface area contributed by atoms with E-state index in [-0.39, 0.29) is 11.4 Å². The van der Waals surface area contributed by atoms with E-state index in [0.717, 1.165) is 35.6 Å². The number of thioether (sulfide) groups is 1. The van der Waals surface area contributed by atoms with Crippen molar-refractivity contribution in [1.82, 2.24) is 5.01 Å². The number of nitrogens with zero attached hydrogens (tertiary/aromatic N) is 3. The third kappa shape index (κ3) is 5.96. The van der Waals surface area contributed by atoms with Gasteiger partial charge in [-0.25, -0.2) is 0 Å². The number of hydrazone groups is 1. The Morgan fingerprint density at radius 1 is 1.05 bits per heavy atom. The number of amides is 1. The van der Waals surface area contributed by atoms with Crippen LogP contribution in [0.1, 0.15) is 55.7 Å². The Hall–Kier alpha value is -3.39. The first-order valence-electron chi connectivity index (χ1n) is 13.0. The minimum atomic E-state index is -0.399. The first kappa shape index (κ1) is 25.3. The third-order valence-corrected chi connectivity index (χ3v) is 7.83. The van der Waals surface area contributed by atoms with Gasteiger partial charge in [0.05, 0.1) is 5.57 Å². The molecular formula is C29H32N4O3S. The molecule has 2 aliphatic heterocycles. The summed E-state index contributed by atoms with van der Waals surface area (Å²) in [5.74, 6) is 1.66. The molecular weight excluding hydrogens is 484 g/mol. The van der Waals surface area contributed by atoms with Gasteiger partial charge in [0, 0.05) is 5.92 Å². The number of nitrogens with one attached hydrogen (secondary N) is 1. The van der Waals surface area contributed by atoms with Gasteiger partial charge in [0.1, 0.15) is 29.8 Å². The summed E-state index contributed by atoms with van der Waals surface area (Å²) in [4.78, 5) is 17.0. The molecule has 3 aliphatic rings. The van der Waals surface area contributed by atoms with Crippen molar-refractivity contribution in [3.8, 4) is 11.5 Å². The molecule has 2 aromatic rings. The summed E-state index contributed by atoms with van der Waals surface area (Å²) in [7, 11) is 0. The second-order valence-electron chi connectivity index (χ2n) is 9.57. The van der Waals surface area contributed by atoms with Crippen LogP contribution in [0.15, 0.2) is 58.1 Å². The van der Waals surface area contributed by atoms with Gasteiger partial charge in [-0.15, -0.1) is 0 Å². The Bertz CT molecular complexity index is 1280. The normalized spacial score (nSPS) is 19.1. The standard InChI is InChI=1S/C29H32N4O3S/c1-3-20-15-19(2)16-24(17-20)36-14-13-35-23-11-9-21(10-12-23)18-25-26(30)33-29(31-27(25)34)37-28(32-33)22-7-5-4-6-8-22/h9-12,15-18,22,30H,3-8,13-14H2,1-2H3. The van der Waals surface area contributed by atoms with Crippen molar-refractivity contribution >= 4 is 39.8 Å². The molecule has 0 spiro atoms. The number of amidine groups is 2. The van der Waals surface area contributed by atoms with E-state index in [1.54, 1.807) is 6.08 Å². The molecule has 0 saturated heterocycles. The van der Waals surface area contributed by atoms with Crippen LogP contribution in [-0.4, -0.2) is 40.2 Å². The van der Waals surface area contributed by atoms with Gasteiger partial charge in [0.15, 0.2) is 5.84 Å². The van der Waals surface area contributed by atoms with Crippen LogP contribution in [0.4, 0.5) is 0 Å². The Labute approximate surface area is 222 Å². The van der Waals surface area contributed by atoms with Gasteiger partial charge in [0.25, 0.3) is 5.91 Å². The third-order valence-electron chi connectivity index (χ3n) is 6.76. The minimum absolute atomic E-state index is 0.0770. The maximum Gasteiger partial charge on any atom is 0.283 e. The maximum absolute atomic E-state index is 12.7. The van der Waals surface area contributed by atoms with Crippen molar-refractivity contribution in [1.29, 1.82) is 5.41 Å². The van der Waals surface area contributed by atoms with Gasteiger partial charge in [-0.2, -0.15) is 15.1 Å². The quantitative estimate of drug-likeness (QED) is 0.333. The lowest BCUT2D eigenvalue weighted by Crippen LogP contribution is -2.35. The lowest BCUT2D eigenvalue weighted by Gasteiger charge is -2.20. The molecule has 2 heterocycles. The summed E-state index contributed by atoms with van der Waals surface area (Å²) < 4.78 is 11.7. The van der Waals surface area contributed by atoms with Crippen LogP contribution in [0.3, 0.4) is 0 Å². The zero-order chi connectivity index (χ0) is 25.8. The molecule has 0 aromatic heterocycles. The van der Waals surface area contributed by atoms with Crippen LogP contribution in [-0.2, 0) is 11.2 Å². The second-order valence-corrected chi connectivity index (χ2v) is 10.6. The van der Waals surface area contributed by atoms with E-state index in [1.807, 2.05) is 30.3 Å². The number of benzene rings is 2. The lowest BCUT2D eigenvalue weighted by molar-refractivity contribution is -0.114. The summed E-state index contributed by atoms with van der Waals surface area (Å²) in [6.45, 7) is 5.07. The van der Waals surface area contributed by atoms with Crippen LogP contribution in [0.5, 0.6) is 11.5 Å². The molecule has 1 saturated carbocycles. The Kier molecular flexibility index (Phi) is 7.74. The predicted molar refractivity (Wildman–Crippen MR) is 150 cm³/mol. The van der Waals surface area contributed by atoms with Gasteiger partial charge in [-0.05, 0) is 85.0 Å². The second kappa shape index (κ2) is 11.3. The Morgan fingerprint density at radius 3 is 2.51 bits per heavy atom. The van der Waals surface area contributed by atoms with E-state index in [1.165, 1.54) is 47.2 Å². The molecule has 5 rings (SSSR count). The summed E-state index contributed by atoms with van der Waals surface area (Å²) in [6.07, 6.45) is 8.58. The summed E-state index contributed by atoms with van der Waals surface area (Å²) in [5.41, 5.74) is 3.48. The average Bonchev–Trinajstić information content (AvgIpc) is 3.34. The number of ether oxygens (including phenoxy) is 2. The maximum atomic E-state index is 12.7. The largest absolute Gasteiger partial charge is 0.490 e. The zero-order valence-electron chi connectivity index (χ0n) is 21.3. The fourth-order valence-corrected chi connectivity index (χ4v) is 5.84. The fourth-order valence-electron chi connectivity index (χ4n) is 4.78. The van der Waals surface area contributed by atoms with Crippen LogP contribution in [0.2, 0.25) is 0 Å². The number of aryl methyl sites for hydroxylation is 2. The highest BCUT2D eigenvalue weighted by Crippen LogP contribution is 2.36. The number of hydrogen-bond donors (Lipinski definition) is 1. The van der Waals surface area contributed by atoms with Crippen molar-refractivity contribution in [2.45, 2.75) is 52.4 Å². The smallest absolute Gasteiger partial charge is 0.283 e. The van der Waals surface area contributed by atoms with Gasteiger partial charge >= 0.3 is 0 Å². The van der Waals surface area contributed by atoms with E-state index >= 15 is 0 Å². The Morgan fingerprint density at radius 2 is 1.78 bits per heavy atom. The lowest BCUT2D eigenvalue weighted by atomic mass is 9.90. The van der Waals surface area contributed by atoms with Crippen LogP contribution in [0, 0.1) is 18.3 Å². The molecule has 0 bridgehead atoms. The van der Waals surface area contributed by atoms with E-state index in [2.05, 4.69) is 36.1 Å². The Balaban J connectivity index is 1.18. The average molecular weight is 517 g/mol. The van der Waals surface area contributed by atoms with E-state index in [0.29, 0.717) is 30.0 Å². The molecule has 1 aliphatic carbocycles. The predicted octanol–water partition coefficient (Wildman–Crippen LogP) is 6.21. The fraction of sp³-hybridized carbons (Fsp3) is 0.379. The number of carbonyl (C=O) groups is 1. The van der Waals surface area contributed by atoms with Crippen molar-refractivity contribution < 1.29 is 14.3 Å². The van der Waals surface area contributed by atoms with Gasteiger partial charge in [-0.1, -0.05) is 44.4 Å². The van der Waals surface area contributed by atoms with Crippen molar-refractivity contribution in [2.24, 2.45) is 16.0 Å². The molecule has 192 valence electrons.